The number of rotatable bonds is 4. The van der Waals surface area contributed by atoms with Gasteiger partial charge in [-0.2, -0.15) is 0 Å². The predicted molar refractivity (Wildman–Crippen MR) is 124 cm³/mol. The summed E-state index contributed by atoms with van der Waals surface area (Å²) < 4.78 is 5.32. The first kappa shape index (κ1) is 21.0. The van der Waals surface area contributed by atoms with E-state index >= 15 is 0 Å². The van der Waals surface area contributed by atoms with Gasteiger partial charge in [0.05, 0.1) is 6.26 Å². The summed E-state index contributed by atoms with van der Waals surface area (Å²) in [5, 5.41) is 2.97. The van der Waals surface area contributed by atoms with E-state index in [1.165, 1.54) is 6.26 Å². The Morgan fingerprint density at radius 1 is 0.970 bits per heavy atom. The van der Waals surface area contributed by atoms with Crippen molar-refractivity contribution in [2.24, 2.45) is 0 Å². The summed E-state index contributed by atoms with van der Waals surface area (Å²) in [5.74, 6) is -0.282. The topological polar surface area (TPSA) is 82.9 Å². The average molecular weight is 444 g/mol. The molecule has 2 aliphatic heterocycles. The number of carbonyl (C=O) groups is 3. The van der Waals surface area contributed by atoms with Gasteiger partial charge >= 0.3 is 0 Å². The smallest absolute Gasteiger partial charge is 0.290 e. The number of nitrogens with zero attached hydrogens (tertiary/aromatic N) is 2. The van der Waals surface area contributed by atoms with Gasteiger partial charge in [0, 0.05) is 37.3 Å². The Hall–Kier alpha value is -3.87. The highest BCUT2D eigenvalue weighted by molar-refractivity contribution is 6.01. The number of nitrogens with one attached hydrogen (secondary N) is 1. The first-order chi connectivity index (χ1) is 16.1. The Bertz CT molecular complexity index is 1190. The van der Waals surface area contributed by atoms with Crippen LogP contribution in [0.4, 0.5) is 11.4 Å². The van der Waals surface area contributed by atoms with Crippen LogP contribution >= 0.6 is 0 Å². The molecular formula is C26H25N3O4. The molecule has 2 aliphatic rings. The van der Waals surface area contributed by atoms with Crippen LogP contribution < -0.4 is 10.2 Å². The Labute approximate surface area is 192 Å². The molecule has 7 nitrogen and oxygen atoms in total. The molecule has 1 unspecified atom stereocenters. The van der Waals surface area contributed by atoms with E-state index in [0.717, 1.165) is 29.7 Å². The number of anilines is 2. The molecule has 5 rings (SSSR count). The second kappa shape index (κ2) is 8.94. The van der Waals surface area contributed by atoms with E-state index in [1.807, 2.05) is 42.5 Å². The van der Waals surface area contributed by atoms with Crippen LogP contribution in [-0.4, -0.2) is 35.2 Å². The standard InChI is InChI=1S/C26H25N3O4/c30-24-12-3-4-13-28(24)21-10-5-9-20(16-21)27-25(31)22-15-18-7-1-2-8-19(18)17-29(22)26(32)23-11-6-14-33-23/h1-2,5-11,14,16,22H,3-4,12-13,15,17H2,(H,27,31). The summed E-state index contributed by atoms with van der Waals surface area (Å²) in [4.78, 5) is 42.2. The lowest BCUT2D eigenvalue weighted by Gasteiger charge is -2.35. The second-order valence-electron chi connectivity index (χ2n) is 8.44. The molecule has 0 spiro atoms. The van der Waals surface area contributed by atoms with Gasteiger partial charge in [-0.25, -0.2) is 0 Å². The summed E-state index contributed by atoms with van der Waals surface area (Å²) in [6.45, 7) is 1.01. The van der Waals surface area contributed by atoms with E-state index in [1.54, 1.807) is 28.0 Å². The lowest BCUT2D eigenvalue weighted by molar-refractivity contribution is -0.121. The maximum absolute atomic E-state index is 13.4. The first-order valence-electron chi connectivity index (χ1n) is 11.2. The number of piperidine rings is 1. The van der Waals surface area contributed by atoms with Gasteiger partial charge in [-0.1, -0.05) is 30.3 Å². The van der Waals surface area contributed by atoms with Gasteiger partial charge in [-0.05, 0) is 54.3 Å². The fourth-order valence-electron chi connectivity index (χ4n) is 4.57. The van der Waals surface area contributed by atoms with Crippen LogP contribution in [0.15, 0.2) is 71.3 Å². The zero-order valence-electron chi connectivity index (χ0n) is 18.2. The van der Waals surface area contributed by atoms with Crippen molar-refractivity contribution in [1.82, 2.24) is 4.90 Å². The van der Waals surface area contributed by atoms with Crippen molar-refractivity contribution in [3.05, 3.63) is 83.8 Å². The van der Waals surface area contributed by atoms with E-state index in [2.05, 4.69) is 5.32 Å². The van der Waals surface area contributed by atoms with Crippen molar-refractivity contribution in [2.75, 3.05) is 16.8 Å². The van der Waals surface area contributed by atoms with E-state index in [9.17, 15) is 14.4 Å². The molecule has 3 aromatic rings. The third kappa shape index (κ3) is 4.26. The number of amides is 3. The van der Waals surface area contributed by atoms with Gasteiger partial charge in [0.25, 0.3) is 5.91 Å². The Morgan fingerprint density at radius 2 is 1.82 bits per heavy atom. The summed E-state index contributed by atoms with van der Waals surface area (Å²) in [7, 11) is 0. The zero-order valence-corrected chi connectivity index (χ0v) is 18.2. The molecule has 0 radical (unpaired) electrons. The van der Waals surface area contributed by atoms with Crippen LogP contribution in [0.2, 0.25) is 0 Å². The Morgan fingerprint density at radius 3 is 2.61 bits per heavy atom. The van der Waals surface area contributed by atoms with E-state index < -0.39 is 6.04 Å². The van der Waals surface area contributed by atoms with Crippen molar-refractivity contribution < 1.29 is 18.8 Å². The van der Waals surface area contributed by atoms with E-state index in [4.69, 9.17) is 4.42 Å². The van der Waals surface area contributed by atoms with Crippen LogP contribution in [-0.2, 0) is 22.6 Å². The second-order valence-corrected chi connectivity index (χ2v) is 8.44. The summed E-state index contributed by atoms with van der Waals surface area (Å²) in [5.41, 5.74) is 3.44. The number of furan rings is 1. The molecule has 0 saturated carbocycles. The molecule has 0 bridgehead atoms. The largest absolute Gasteiger partial charge is 0.459 e. The summed E-state index contributed by atoms with van der Waals surface area (Å²) >= 11 is 0. The third-order valence-corrected chi connectivity index (χ3v) is 6.29. The van der Waals surface area contributed by atoms with Gasteiger partial charge in [0.2, 0.25) is 11.8 Å². The molecule has 1 N–H and O–H groups in total. The average Bonchev–Trinajstić information content (AvgIpc) is 3.38. The summed E-state index contributed by atoms with van der Waals surface area (Å²) in [6.07, 6.45) is 4.29. The molecule has 2 aromatic carbocycles. The monoisotopic (exact) mass is 443 g/mol. The Balaban J connectivity index is 1.39. The van der Waals surface area contributed by atoms with Gasteiger partial charge in [0.1, 0.15) is 6.04 Å². The fourth-order valence-corrected chi connectivity index (χ4v) is 4.57. The number of fused-ring (bicyclic) bond motifs is 1. The maximum Gasteiger partial charge on any atom is 0.290 e. The zero-order chi connectivity index (χ0) is 22.8. The number of hydrogen-bond acceptors (Lipinski definition) is 4. The van der Waals surface area contributed by atoms with Crippen LogP contribution in [0.25, 0.3) is 0 Å². The molecule has 1 atom stereocenters. The first-order valence-corrected chi connectivity index (χ1v) is 11.2. The van der Waals surface area contributed by atoms with E-state index in [0.29, 0.717) is 31.6 Å². The molecule has 1 saturated heterocycles. The lowest BCUT2D eigenvalue weighted by atomic mass is 9.93. The molecule has 1 fully saturated rings. The quantitative estimate of drug-likeness (QED) is 0.661. The number of hydrogen-bond donors (Lipinski definition) is 1. The van der Waals surface area contributed by atoms with Crippen LogP contribution in [0.5, 0.6) is 0 Å². The highest BCUT2D eigenvalue weighted by Gasteiger charge is 2.36. The van der Waals surface area contributed by atoms with Gasteiger partial charge in [0.15, 0.2) is 5.76 Å². The van der Waals surface area contributed by atoms with Crippen molar-refractivity contribution in [2.45, 2.75) is 38.3 Å². The van der Waals surface area contributed by atoms with Gasteiger partial charge < -0.3 is 19.5 Å². The molecule has 3 amide bonds. The molecule has 33 heavy (non-hydrogen) atoms. The minimum atomic E-state index is -0.683. The molecule has 7 heteroatoms. The maximum atomic E-state index is 13.4. The molecule has 3 heterocycles. The van der Waals surface area contributed by atoms with Crippen molar-refractivity contribution >= 4 is 29.1 Å². The molecule has 1 aromatic heterocycles. The Kier molecular flexibility index (Phi) is 5.69. The van der Waals surface area contributed by atoms with E-state index in [-0.39, 0.29) is 23.5 Å². The van der Waals surface area contributed by atoms with Crippen LogP contribution in [0.3, 0.4) is 0 Å². The summed E-state index contributed by atoms with van der Waals surface area (Å²) in [6, 6.07) is 17.7. The minimum Gasteiger partial charge on any atom is -0.459 e. The van der Waals surface area contributed by atoms with Crippen LogP contribution in [0, 0.1) is 0 Å². The van der Waals surface area contributed by atoms with Crippen LogP contribution in [0.1, 0.15) is 40.9 Å². The number of benzene rings is 2. The SMILES string of the molecule is O=C(Nc1cccc(N2CCCCC2=O)c1)C1Cc2ccccc2CN1C(=O)c1ccco1. The minimum absolute atomic E-state index is 0.101. The highest BCUT2D eigenvalue weighted by Crippen LogP contribution is 2.28. The van der Waals surface area contributed by atoms with Gasteiger partial charge in [-0.15, -0.1) is 0 Å². The molecule has 168 valence electrons. The third-order valence-electron chi connectivity index (χ3n) is 6.29. The normalized spacial score (nSPS) is 18.1. The predicted octanol–water partition coefficient (Wildman–Crippen LogP) is 4.00. The number of carbonyl (C=O) groups excluding carboxylic acids is 3. The molecular weight excluding hydrogens is 418 g/mol. The van der Waals surface area contributed by atoms with Crippen molar-refractivity contribution in [1.29, 1.82) is 0 Å². The highest BCUT2D eigenvalue weighted by atomic mass is 16.3. The fraction of sp³-hybridized carbons (Fsp3) is 0.269. The molecule has 0 aliphatic carbocycles. The van der Waals surface area contributed by atoms with Crippen molar-refractivity contribution in [3.8, 4) is 0 Å². The van der Waals surface area contributed by atoms with Crippen molar-refractivity contribution in [3.63, 3.8) is 0 Å². The van der Waals surface area contributed by atoms with Gasteiger partial charge in [-0.3, -0.25) is 14.4 Å². The lowest BCUT2D eigenvalue weighted by Crippen LogP contribution is -2.50.